The Hall–Kier alpha value is -5.36. The number of H-pyrrole nitrogens is 1. The predicted octanol–water partition coefficient (Wildman–Crippen LogP) is 8.36. The van der Waals surface area contributed by atoms with Crippen LogP contribution in [0.15, 0.2) is 143 Å². The van der Waals surface area contributed by atoms with Crippen molar-refractivity contribution in [2.75, 3.05) is 6.61 Å². The molecule has 4 aromatic carbocycles. The van der Waals surface area contributed by atoms with Gasteiger partial charge in [0.15, 0.2) is 14.5 Å². The molecule has 0 aliphatic carbocycles. The van der Waals surface area contributed by atoms with Crippen LogP contribution in [0.25, 0.3) is 0 Å². The van der Waals surface area contributed by atoms with Gasteiger partial charge in [0.2, 0.25) is 0 Å². The molecule has 1 N–H and O–H groups in total. The topological polar surface area (TPSA) is 150 Å². The minimum atomic E-state index is -2.39. The van der Waals surface area contributed by atoms with Crippen LogP contribution in [-0.2, 0) is 59.3 Å². The molecule has 0 amide bonds. The van der Waals surface area contributed by atoms with E-state index in [0.29, 0.717) is 30.9 Å². The van der Waals surface area contributed by atoms with Crippen LogP contribution >= 0.6 is 0 Å². The van der Waals surface area contributed by atoms with Gasteiger partial charge in [-0.25, -0.2) is 9.48 Å². The zero-order valence-corrected chi connectivity index (χ0v) is 39.5. The van der Waals surface area contributed by atoms with Crippen LogP contribution in [0.5, 0.6) is 0 Å². The minimum absolute atomic E-state index is 0.122. The third-order valence-corrected chi connectivity index (χ3v) is 17.2. The molecule has 8 rings (SSSR count). The summed E-state index contributed by atoms with van der Waals surface area (Å²) in [5, 5.41) is 9.34. The van der Waals surface area contributed by atoms with E-state index >= 15 is 0 Å². The molecule has 2 fully saturated rings. The minimum Gasteiger partial charge on any atom is -0.411 e. The van der Waals surface area contributed by atoms with E-state index in [2.05, 4.69) is 38.8 Å². The Morgan fingerprint density at radius 2 is 1.21 bits per heavy atom. The molecule has 2 saturated heterocycles. The molecule has 348 valence electrons. The van der Waals surface area contributed by atoms with Crippen molar-refractivity contribution in [1.82, 2.24) is 24.5 Å². The molecule has 2 aliphatic rings. The highest BCUT2D eigenvalue weighted by molar-refractivity contribution is 6.74. The van der Waals surface area contributed by atoms with E-state index in [1.54, 1.807) is 17.8 Å². The van der Waals surface area contributed by atoms with Crippen molar-refractivity contribution in [3.05, 3.63) is 188 Å². The molecule has 8 atom stereocenters. The number of ether oxygens (including phenoxy) is 6. The van der Waals surface area contributed by atoms with Gasteiger partial charge in [0.25, 0.3) is 5.56 Å². The summed E-state index contributed by atoms with van der Waals surface area (Å²) < 4.78 is 51.2. The van der Waals surface area contributed by atoms with Crippen molar-refractivity contribution >= 4 is 8.32 Å². The van der Waals surface area contributed by atoms with Crippen LogP contribution < -0.4 is 11.2 Å². The number of hydrogen-bond donors (Lipinski definition) is 1. The Balaban J connectivity index is 1.17. The number of benzene rings is 4. The van der Waals surface area contributed by atoms with Crippen molar-refractivity contribution in [2.45, 2.75) is 128 Å². The monoisotopic (exact) mass is 915 g/mol. The number of nitrogens with one attached hydrogen (secondary N) is 1. The summed E-state index contributed by atoms with van der Waals surface area (Å²) in [4.78, 5) is 28.0. The number of aromatic nitrogens is 5. The van der Waals surface area contributed by atoms with Crippen molar-refractivity contribution < 1.29 is 32.8 Å². The van der Waals surface area contributed by atoms with Crippen LogP contribution in [0.2, 0.25) is 18.1 Å². The molecule has 0 saturated carbocycles. The molecule has 0 bridgehead atoms. The van der Waals surface area contributed by atoms with Crippen molar-refractivity contribution in [1.29, 1.82) is 0 Å². The van der Waals surface area contributed by atoms with E-state index in [9.17, 15) is 9.59 Å². The van der Waals surface area contributed by atoms with Crippen LogP contribution in [0.3, 0.4) is 0 Å². The number of aryl methyl sites for hydroxylation is 1. The summed E-state index contributed by atoms with van der Waals surface area (Å²) in [6.45, 7) is 13.9. The Bertz CT molecular complexity index is 2570. The highest BCUT2D eigenvalue weighted by Crippen LogP contribution is 2.45. The van der Waals surface area contributed by atoms with E-state index in [-0.39, 0.29) is 24.9 Å². The quantitative estimate of drug-likeness (QED) is 0.0829. The van der Waals surface area contributed by atoms with Gasteiger partial charge in [0, 0.05) is 18.2 Å². The SMILES string of the molecule is Cc1cn([C@H]2C[C@@H](O[Si](C)(C)C(C)(C)C)[C@@H](c3cn([C@@H]4OC(COCc5ccccc5)[C@@H](OCc5ccccc5)C(OCc5ccccc5)C4OCc4ccccc4)nn3)O2)c(=O)[nH]c1=O. The summed E-state index contributed by atoms with van der Waals surface area (Å²) in [7, 11) is -2.39. The molecular formula is C51H61N5O9Si. The first-order valence-corrected chi connectivity index (χ1v) is 25.5. The number of nitrogens with zero attached hydrogens (tertiary/aromatic N) is 4. The van der Waals surface area contributed by atoms with E-state index in [4.69, 9.17) is 43.2 Å². The smallest absolute Gasteiger partial charge is 0.330 e. The maximum absolute atomic E-state index is 13.2. The largest absolute Gasteiger partial charge is 0.411 e. The van der Waals surface area contributed by atoms with Crippen LogP contribution in [-0.4, -0.2) is 70.0 Å². The number of hydrogen-bond acceptors (Lipinski definition) is 11. The van der Waals surface area contributed by atoms with Gasteiger partial charge in [0.05, 0.1) is 45.3 Å². The molecule has 0 radical (unpaired) electrons. The van der Waals surface area contributed by atoms with Gasteiger partial charge < -0.3 is 32.8 Å². The lowest BCUT2D eigenvalue weighted by atomic mass is 9.96. The molecule has 4 heterocycles. The maximum Gasteiger partial charge on any atom is 0.330 e. The molecular weight excluding hydrogens is 855 g/mol. The molecule has 6 aromatic rings. The van der Waals surface area contributed by atoms with Crippen LogP contribution in [0.4, 0.5) is 0 Å². The summed E-state index contributed by atoms with van der Waals surface area (Å²) in [6.07, 6.45) is -1.90. The fraction of sp³-hybridized carbons (Fsp3) is 0.412. The number of rotatable bonds is 18. The lowest BCUT2D eigenvalue weighted by Crippen LogP contribution is -2.59. The van der Waals surface area contributed by atoms with Crippen LogP contribution in [0.1, 0.15) is 79.3 Å². The summed E-state index contributed by atoms with van der Waals surface area (Å²) in [5.41, 5.74) is 3.85. The van der Waals surface area contributed by atoms with Crippen LogP contribution in [0, 0.1) is 6.92 Å². The van der Waals surface area contributed by atoms with E-state index in [1.807, 2.05) is 121 Å². The fourth-order valence-corrected chi connectivity index (χ4v) is 9.39. The Labute approximate surface area is 386 Å². The Morgan fingerprint density at radius 3 is 1.76 bits per heavy atom. The number of aromatic amines is 1. The maximum atomic E-state index is 13.2. The lowest BCUT2D eigenvalue weighted by Gasteiger charge is -2.46. The van der Waals surface area contributed by atoms with Gasteiger partial charge in [-0.1, -0.05) is 147 Å². The third-order valence-electron chi connectivity index (χ3n) is 12.7. The van der Waals surface area contributed by atoms with E-state index in [0.717, 1.165) is 22.3 Å². The van der Waals surface area contributed by atoms with E-state index < -0.39 is 68.6 Å². The van der Waals surface area contributed by atoms with E-state index in [1.165, 1.54) is 10.8 Å². The highest BCUT2D eigenvalue weighted by Gasteiger charge is 2.51. The summed E-state index contributed by atoms with van der Waals surface area (Å²) in [5.74, 6) is 0. The van der Waals surface area contributed by atoms with Crippen molar-refractivity contribution in [3.8, 4) is 0 Å². The molecule has 66 heavy (non-hydrogen) atoms. The first kappa shape index (κ1) is 47.1. The zero-order valence-electron chi connectivity index (χ0n) is 38.5. The molecule has 14 nitrogen and oxygen atoms in total. The van der Waals surface area contributed by atoms with Gasteiger partial charge in [-0.3, -0.25) is 14.3 Å². The molecule has 2 aromatic heterocycles. The predicted molar refractivity (Wildman–Crippen MR) is 251 cm³/mol. The first-order valence-electron chi connectivity index (χ1n) is 22.6. The summed E-state index contributed by atoms with van der Waals surface area (Å²) in [6, 6.07) is 40.0. The normalized spacial score (nSPS) is 23.5. The fourth-order valence-electron chi connectivity index (χ4n) is 8.06. The highest BCUT2D eigenvalue weighted by atomic mass is 28.4. The van der Waals surface area contributed by atoms with Gasteiger partial charge in [-0.15, -0.1) is 5.10 Å². The second-order valence-electron chi connectivity index (χ2n) is 18.6. The third kappa shape index (κ3) is 11.4. The Morgan fingerprint density at radius 1 is 0.697 bits per heavy atom. The average Bonchev–Trinajstić information content (AvgIpc) is 3.97. The first-order chi connectivity index (χ1) is 31.8. The summed E-state index contributed by atoms with van der Waals surface area (Å²) >= 11 is 0. The average molecular weight is 916 g/mol. The van der Waals surface area contributed by atoms with Gasteiger partial charge in [0.1, 0.15) is 42.4 Å². The second kappa shape index (κ2) is 21.1. The van der Waals surface area contributed by atoms with Crippen molar-refractivity contribution in [3.63, 3.8) is 0 Å². The second-order valence-corrected chi connectivity index (χ2v) is 23.4. The standard InChI is InChI=1S/C51H61N5O9Si/c1-35-28-55(50(58)52-48(35)57)43-27-41(65-66(5,6)51(2,3)4)44(64-43)40-29-56(54-53-40)49-47(62-33-39-25-17-10-18-26-39)46(61-32-38-23-15-9-16-24-38)45(60-31-37-21-13-8-14-22-37)42(63-49)34-59-30-36-19-11-7-12-20-36/h7-26,28-29,41-47,49H,27,30-34H2,1-6H3,(H,52,57,58)/t41-,42?,43-,44-,45-,46?,47?,49-/m1/s1. The molecule has 3 unspecified atom stereocenters. The van der Waals surface area contributed by atoms with Gasteiger partial charge in [-0.2, -0.15) is 0 Å². The van der Waals surface area contributed by atoms with Gasteiger partial charge in [-0.05, 0) is 47.3 Å². The zero-order chi connectivity index (χ0) is 46.3. The molecule has 15 heteroatoms. The molecule has 0 spiro atoms. The van der Waals surface area contributed by atoms with Crippen molar-refractivity contribution in [2.24, 2.45) is 0 Å². The lowest BCUT2D eigenvalue weighted by molar-refractivity contribution is -0.292. The molecule has 2 aliphatic heterocycles. The van der Waals surface area contributed by atoms with Gasteiger partial charge >= 0.3 is 5.69 Å². The Kier molecular flexibility index (Phi) is 15.1.